The number of thiazole rings is 1. The fraction of sp³-hybridized carbons (Fsp3) is 0.125. The number of hydrogen-bond donors (Lipinski definition) is 1. The topological polar surface area (TPSA) is 59.5 Å². The summed E-state index contributed by atoms with van der Waals surface area (Å²) in [6.45, 7) is 2.20. The molecule has 0 aliphatic heterocycles. The second-order valence-electron chi connectivity index (χ2n) is 5.18. The van der Waals surface area contributed by atoms with E-state index in [2.05, 4.69) is 10.3 Å². The minimum atomic E-state index is -0.272. The van der Waals surface area contributed by atoms with E-state index in [1.165, 1.54) is 0 Å². The SMILES string of the molecule is Cc1c(C(=O)NCc2cn3ccsc3n2)oc2c(Cl)cccc12. The lowest BCUT2D eigenvalue weighted by molar-refractivity contribution is 0.0924. The number of nitrogens with zero attached hydrogens (tertiary/aromatic N) is 2. The van der Waals surface area contributed by atoms with Crippen molar-refractivity contribution < 1.29 is 9.21 Å². The van der Waals surface area contributed by atoms with Gasteiger partial charge in [0.25, 0.3) is 5.91 Å². The lowest BCUT2D eigenvalue weighted by Crippen LogP contribution is -2.23. The molecule has 0 saturated carbocycles. The number of imidazole rings is 1. The number of halogens is 1. The van der Waals surface area contributed by atoms with Crippen molar-refractivity contribution in [1.29, 1.82) is 0 Å². The Morgan fingerprint density at radius 1 is 1.48 bits per heavy atom. The van der Waals surface area contributed by atoms with Gasteiger partial charge in [-0.25, -0.2) is 4.98 Å². The van der Waals surface area contributed by atoms with Gasteiger partial charge in [0.05, 0.1) is 17.3 Å². The standard InChI is InChI=1S/C16H12ClN3O2S/c1-9-11-3-2-4-12(17)14(11)22-13(9)15(21)18-7-10-8-20-5-6-23-16(20)19-10/h2-6,8H,7H2,1H3,(H,18,21). The summed E-state index contributed by atoms with van der Waals surface area (Å²) in [5.41, 5.74) is 2.13. The number of benzene rings is 1. The van der Waals surface area contributed by atoms with Gasteiger partial charge in [-0.15, -0.1) is 11.3 Å². The van der Waals surface area contributed by atoms with Gasteiger partial charge in [-0.3, -0.25) is 9.20 Å². The molecule has 3 heterocycles. The van der Waals surface area contributed by atoms with Crippen LogP contribution in [-0.2, 0) is 6.54 Å². The average molecular weight is 346 g/mol. The van der Waals surface area contributed by atoms with E-state index in [-0.39, 0.29) is 11.7 Å². The van der Waals surface area contributed by atoms with Crippen LogP contribution in [0.3, 0.4) is 0 Å². The van der Waals surface area contributed by atoms with Gasteiger partial charge >= 0.3 is 0 Å². The largest absolute Gasteiger partial charge is 0.449 e. The van der Waals surface area contributed by atoms with E-state index in [1.807, 2.05) is 41.2 Å². The third kappa shape index (κ3) is 2.40. The van der Waals surface area contributed by atoms with Crippen molar-refractivity contribution in [3.63, 3.8) is 0 Å². The van der Waals surface area contributed by atoms with Gasteiger partial charge in [0, 0.05) is 28.7 Å². The molecule has 0 bridgehead atoms. The predicted molar refractivity (Wildman–Crippen MR) is 90.2 cm³/mol. The summed E-state index contributed by atoms with van der Waals surface area (Å²) in [5.74, 6) is 0.0141. The van der Waals surface area contributed by atoms with Crippen molar-refractivity contribution >= 4 is 44.8 Å². The van der Waals surface area contributed by atoms with Crippen LogP contribution in [0.15, 0.2) is 40.4 Å². The van der Waals surface area contributed by atoms with E-state index < -0.39 is 0 Å². The van der Waals surface area contributed by atoms with E-state index in [4.69, 9.17) is 16.0 Å². The third-order valence-corrected chi connectivity index (χ3v) is 4.76. The number of amides is 1. The molecule has 4 rings (SSSR count). The maximum absolute atomic E-state index is 12.4. The van der Waals surface area contributed by atoms with Gasteiger partial charge in [0.2, 0.25) is 0 Å². The highest BCUT2D eigenvalue weighted by Crippen LogP contribution is 2.30. The van der Waals surface area contributed by atoms with Crippen LogP contribution < -0.4 is 5.32 Å². The fourth-order valence-electron chi connectivity index (χ4n) is 2.54. The van der Waals surface area contributed by atoms with E-state index >= 15 is 0 Å². The lowest BCUT2D eigenvalue weighted by Gasteiger charge is -2.01. The number of aryl methyl sites for hydroxylation is 1. The summed E-state index contributed by atoms with van der Waals surface area (Å²) in [4.78, 5) is 17.7. The van der Waals surface area contributed by atoms with E-state index in [0.717, 1.165) is 21.6 Å². The Bertz CT molecular complexity index is 1000. The number of para-hydroxylation sites is 1. The van der Waals surface area contributed by atoms with Crippen LogP contribution >= 0.6 is 22.9 Å². The number of carbonyl (C=O) groups is 1. The number of hydrogen-bond acceptors (Lipinski definition) is 4. The molecule has 0 spiro atoms. The van der Waals surface area contributed by atoms with Gasteiger partial charge in [0.15, 0.2) is 16.3 Å². The Morgan fingerprint density at radius 3 is 3.13 bits per heavy atom. The second kappa shape index (κ2) is 5.40. The van der Waals surface area contributed by atoms with Crippen molar-refractivity contribution in [2.75, 3.05) is 0 Å². The Kier molecular flexibility index (Phi) is 3.36. The van der Waals surface area contributed by atoms with Crippen molar-refractivity contribution in [3.05, 3.63) is 58.0 Å². The molecule has 1 amide bonds. The van der Waals surface area contributed by atoms with E-state index in [9.17, 15) is 4.79 Å². The van der Waals surface area contributed by atoms with Crippen LogP contribution in [0.5, 0.6) is 0 Å². The van der Waals surface area contributed by atoms with Crippen LogP contribution in [-0.4, -0.2) is 15.3 Å². The van der Waals surface area contributed by atoms with Gasteiger partial charge < -0.3 is 9.73 Å². The fourth-order valence-corrected chi connectivity index (χ4v) is 3.47. The Balaban J connectivity index is 1.58. The second-order valence-corrected chi connectivity index (χ2v) is 6.46. The van der Waals surface area contributed by atoms with Crippen LogP contribution in [0.1, 0.15) is 21.8 Å². The van der Waals surface area contributed by atoms with Crippen molar-refractivity contribution in [3.8, 4) is 0 Å². The number of nitrogens with one attached hydrogen (secondary N) is 1. The summed E-state index contributed by atoms with van der Waals surface area (Å²) in [7, 11) is 0. The first-order valence-corrected chi connectivity index (χ1v) is 8.26. The minimum Gasteiger partial charge on any atom is -0.449 e. The third-order valence-electron chi connectivity index (χ3n) is 3.70. The molecule has 0 aliphatic rings. The molecule has 0 fully saturated rings. The molecular weight excluding hydrogens is 334 g/mol. The van der Waals surface area contributed by atoms with Gasteiger partial charge in [-0.05, 0) is 13.0 Å². The summed E-state index contributed by atoms with van der Waals surface area (Å²) in [6, 6.07) is 5.47. The molecule has 0 aliphatic carbocycles. The smallest absolute Gasteiger partial charge is 0.287 e. The summed E-state index contributed by atoms with van der Waals surface area (Å²) in [5, 5.41) is 6.16. The van der Waals surface area contributed by atoms with Crippen molar-refractivity contribution in [2.45, 2.75) is 13.5 Å². The molecular formula is C16H12ClN3O2S. The van der Waals surface area contributed by atoms with E-state index in [1.54, 1.807) is 17.4 Å². The van der Waals surface area contributed by atoms with Crippen LogP contribution in [0, 0.1) is 6.92 Å². The first-order chi connectivity index (χ1) is 11.1. The van der Waals surface area contributed by atoms with Crippen LogP contribution in [0.4, 0.5) is 0 Å². The number of rotatable bonds is 3. The highest BCUT2D eigenvalue weighted by atomic mass is 35.5. The highest BCUT2D eigenvalue weighted by molar-refractivity contribution is 7.15. The zero-order valence-corrected chi connectivity index (χ0v) is 13.7. The zero-order chi connectivity index (χ0) is 16.0. The normalized spacial score (nSPS) is 11.4. The average Bonchev–Trinajstić information content (AvgIpc) is 3.19. The van der Waals surface area contributed by atoms with Gasteiger partial charge in [0.1, 0.15) is 0 Å². The molecule has 0 radical (unpaired) electrons. The summed E-state index contributed by atoms with van der Waals surface area (Å²) in [6.07, 6.45) is 3.83. The Hall–Kier alpha value is -2.31. The number of fused-ring (bicyclic) bond motifs is 2. The molecule has 5 nitrogen and oxygen atoms in total. The van der Waals surface area contributed by atoms with Gasteiger partial charge in [-0.1, -0.05) is 23.7 Å². The van der Waals surface area contributed by atoms with E-state index in [0.29, 0.717) is 17.2 Å². The lowest BCUT2D eigenvalue weighted by atomic mass is 10.1. The molecule has 4 aromatic rings. The maximum Gasteiger partial charge on any atom is 0.287 e. The molecule has 0 unspecified atom stereocenters. The maximum atomic E-state index is 12.4. The summed E-state index contributed by atoms with van der Waals surface area (Å²) < 4.78 is 7.59. The highest BCUT2D eigenvalue weighted by Gasteiger charge is 2.19. The molecule has 23 heavy (non-hydrogen) atoms. The van der Waals surface area contributed by atoms with Crippen molar-refractivity contribution in [2.24, 2.45) is 0 Å². The molecule has 3 aromatic heterocycles. The molecule has 0 atom stereocenters. The number of furan rings is 1. The quantitative estimate of drug-likeness (QED) is 0.609. The first-order valence-electron chi connectivity index (χ1n) is 7.00. The predicted octanol–water partition coefficient (Wildman–Crippen LogP) is 4.03. The molecule has 116 valence electrons. The van der Waals surface area contributed by atoms with Gasteiger partial charge in [-0.2, -0.15) is 0 Å². The van der Waals surface area contributed by atoms with Crippen molar-refractivity contribution in [1.82, 2.24) is 14.7 Å². The molecule has 7 heteroatoms. The molecule has 1 N–H and O–H groups in total. The first kappa shape index (κ1) is 14.3. The number of aromatic nitrogens is 2. The monoisotopic (exact) mass is 345 g/mol. The van der Waals surface area contributed by atoms with Crippen LogP contribution in [0.2, 0.25) is 5.02 Å². The van der Waals surface area contributed by atoms with Crippen LogP contribution in [0.25, 0.3) is 15.9 Å². The Morgan fingerprint density at radius 2 is 2.35 bits per heavy atom. The Labute approximate surface area is 140 Å². The molecule has 0 saturated heterocycles. The molecule has 1 aromatic carbocycles. The minimum absolute atomic E-state index is 0.272. The zero-order valence-electron chi connectivity index (χ0n) is 12.2. The number of carbonyl (C=O) groups excluding carboxylic acids is 1. The summed E-state index contributed by atoms with van der Waals surface area (Å²) >= 11 is 7.67.